The second-order valence-electron chi connectivity index (χ2n) is 1.43. The number of hydrogen-bond acceptors (Lipinski definition) is 5. The normalized spacial score (nSPS) is 17.8. The van der Waals surface area contributed by atoms with Gasteiger partial charge >= 0.3 is 63.5 Å². The molecule has 0 saturated carbocycles. The molecule has 10 heavy (non-hydrogen) atoms. The van der Waals surface area contributed by atoms with Crippen LogP contribution in [0.1, 0.15) is 0 Å². The van der Waals surface area contributed by atoms with Crippen molar-refractivity contribution in [2.24, 2.45) is 0 Å². The van der Waals surface area contributed by atoms with Gasteiger partial charge in [-0.25, -0.2) is 0 Å². The minimum atomic E-state index is -3.78. The van der Waals surface area contributed by atoms with Crippen LogP contribution >= 0.6 is 0 Å². The Hall–Kier alpha value is -0.721. The fourth-order valence-electron chi connectivity index (χ4n) is 0.389. The zero-order chi connectivity index (χ0) is 7.56. The van der Waals surface area contributed by atoms with E-state index in [-0.39, 0.29) is 0 Å². The summed E-state index contributed by atoms with van der Waals surface area (Å²) in [5.41, 5.74) is 0. The van der Waals surface area contributed by atoms with Crippen LogP contribution in [0.15, 0.2) is 12.2 Å². The van der Waals surface area contributed by atoms with Crippen LogP contribution in [-0.2, 0) is 18.8 Å². The number of carbonyl (C=O) groups is 2. The Morgan fingerprint density at radius 2 is 1.50 bits per heavy atom. The van der Waals surface area contributed by atoms with E-state index in [1.807, 2.05) is 0 Å². The molecular formula is C4H2O5Sn. The van der Waals surface area contributed by atoms with Crippen molar-refractivity contribution in [1.82, 2.24) is 0 Å². The summed E-state index contributed by atoms with van der Waals surface area (Å²) in [6, 6.07) is 0. The molecule has 0 amide bonds. The van der Waals surface area contributed by atoms with E-state index < -0.39 is 32.5 Å². The zero-order valence-corrected chi connectivity index (χ0v) is 7.55. The second kappa shape index (κ2) is 2.91. The van der Waals surface area contributed by atoms with Crippen LogP contribution < -0.4 is 0 Å². The summed E-state index contributed by atoms with van der Waals surface area (Å²) >= 11 is -3.78. The molecule has 0 atom stereocenters. The molecular weight excluding hydrogens is 247 g/mol. The van der Waals surface area contributed by atoms with E-state index in [0.29, 0.717) is 0 Å². The number of carbonyl (C=O) groups excluding carboxylic acids is 2. The first-order valence-electron chi connectivity index (χ1n) is 2.34. The molecule has 0 aromatic rings. The first kappa shape index (κ1) is 7.39. The summed E-state index contributed by atoms with van der Waals surface area (Å²) in [5, 5.41) is 0. The monoisotopic (exact) mass is 250 g/mol. The molecule has 0 N–H and O–H groups in total. The molecule has 0 aromatic heterocycles. The molecule has 1 rings (SSSR count). The maximum atomic E-state index is 10.5. The van der Waals surface area contributed by atoms with Crippen molar-refractivity contribution < 1.29 is 18.8 Å². The average Bonchev–Trinajstić information content (AvgIpc) is 1.93. The van der Waals surface area contributed by atoms with Crippen LogP contribution in [0.5, 0.6) is 0 Å². The van der Waals surface area contributed by atoms with Crippen molar-refractivity contribution in [3.05, 3.63) is 12.2 Å². The Labute approximate surface area is 63.8 Å². The van der Waals surface area contributed by atoms with E-state index >= 15 is 0 Å². The fraction of sp³-hybridized carbons (Fsp3) is 0. The van der Waals surface area contributed by atoms with E-state index in [1.54, 1.807) is 0 Å². The topological polar surface area (TPSA) is 69.7 Å². The zero-order valence-electron chi connectivity index (χ0n) is 4.70. The quantitative estimate of drug-likeness (QED) is 0.518. The average molecular weight is 249 g/mol. The summed E-state index contributed by atoms with van der Waals surface area (Å²) < 4.78 is 18.8. The van der Waals surface area contributed by atoms with Crippen LogP contribution in [0.2, 0.25) is 0 Å². The van der Waals surface area contributed by atoms with Gasteiger partial charge in [0, 0.05) is 0 Å². The maximum absolute atomic E-state index is 10.5. The molecule has 52 valence electrons. The van der Waals surface area contributed by atoms with Crippen molar-refractivity contribution in [3.8, 4) is 0 Å². The van der Waals surface area contributed by atoms with E-state index in [4.69, 9.17) is 0 Å². The van der Waals surface area contributed by atoms with Gasteiger partial charge in [0.15, 0.2) is 0 Å². The molecule has 0 bridgehead atoms. The predicted octanol–water partition coefficient (Wildman–Crippen LogP) is -0.942. The van der Waals surface area contributed by atoms with Gasteiger partial charge in [0.25, 0.3) is 0 Å². The van der Waals surface area contributed by atoms with Crippen molar-refractivity contribution >= 4 is 32.5 Å². The summed E-state index contributed by atoms with van der Waals surface area (Å²) in [5.74, 6) is -1.56. The van der Waals surface area contributed by atoms with E-state index in [9.17, 15) is 12.7 Å². The molecule has 1 aliphatic rings. The van der Waals surface area contributed by atoms with Gasteiger partial charge < -0.3 is 0 Å². The number of rotatable bonds is 0. The van der Waals surface area contributed by atoms with Gasteiger partial charge in [-0.15, -0.1) is 0 Å². The molecule has 5 nitrogen and oxygen atoms in total. The third kappa shape index (κ3) is 1.90. The Kier molecular flexibility index (Phi) is 2.15. The van der Waals surface area contributed by atoms with Gasteiger partial charge in [0.1, 0.15) is 0 Å². The molecule has 0 aliphatic carbocycles. The Morgan fingerprint density at radius 3 is 1.90 bits per heavy atom. The third-order valence-corrected chi connectivity index (χ3v) is 2.82. The first-order valence-corrected chi connectivity index (χ1v) is 5.84. The van der Waals surface area contributed by atoms with Crippen LogP contribution in [-0.4, -0.2) is 32.5 Å². The van der Waals surface area contributed by atoms with E-state index in [1.165, 1.54) is 0 Å². The second-order valence-corrected chi connectivity index (χ2v) is 4.02. The van der Waals surface area contributed by atoms with Crippen molar-refractivity contribution in [1.29, 1.82) is 0 Å². The first-order chi connectivity index (χ1) is 4.68. The molecule has 6 heteroatoms. The molecule has 0 saturated heterocycles. The van der Waals surface area contributed by atoms with Crippen LogP contribution in [0.4, 0.5) is 0 Å². The Bertz CT molecular complexity index is 208. The summed E-state index contributed by atoms with van der Waals surface area (Å²) in [7, 11) is 0. The van der Waals surface area contributed by atoms with Gasteiger partial charge in [-0.05, 0) is 0 Å². The van der Waals surface area contributed by atoms with E-state index in [2.05, 4.69) is 6.15 Å². The number of hydrogen-bond donors (Lipinski definition) is 0. The Balaban J connectivity index is 2.79. The van der Waals surface area contributed by atoms with Crippen LogP contribution in [0, 0.1) is 0 Å². The molecule has 0 fully saturated rings. The van der Waals surface area contributed by atoms with Crippen LogP contribution in [0.25, 0.3) is 0 Å². The van der Waals surface area contributed by atoms with Gasteiger partial charge in [0.2, 0.25) is 0 Å². The minimum absolute atomic E-state index is 0.782. The van der Waals surface area contributed by atoms with Crippen molar-refractivity contribution in [2.45, 2.75) is 0 Å². The molecule has 1 aliphatic heterocycles. The molecule has 0 spiro atoms. The SMILES string of the molecule is O=C1C=CC(=O)[O][Sn](=[O])[O]1. The fourth-order valence-corrected chi connectivity index (χ4v) is 1.83. The van der Waals surface area contributed by atoms with Crippen molar-refractivity contribution in [3.63, 3.8) is 0 Å². The summed E-state index contributed by atoms with van der Waals surface area (Å²) in [4.78, 5) is 20.7. The summed E-state index contributed by atoms with van der Waals surface area (Å²) in [6.45, 7) is 0. The van der Waals surface area contributed by atoms with Crippen LogP contribution in [0.3, 0.4) is 0 Å². The van der Waals surface area contributed by atoms with Gasteiger partial charge in [-0.2, -0.15) is 0 Å². The van der Waals surface area contributed by atoms with Gasteiger partial charge in [-0.3, -0.25) is 0 Å². The molecule has 0 radical (unpaired) electrons. The third-order valence-electron chi connectivity index (χ3n) is 0.723. The van der Waals surface area contributed by atoms with E-state index in [0.717, 1.165) is 12.2 Å². The van der Waals surface area contributed by atoms with Gasteiger partial charge in [-0.1, -0.05) is 0 Å². The predicted molar refractivity (Wildman–Crippen MR) is 27.8 cm³/mol. The standard InChI is InChI=1S/C4H4O4.O.Sn/c5-3(6)1-2-4(7)8;;/h1-2H,(H,5,6)(H,7,8);;/q;;+2/p-2. The van der Waals surface area contributed by atoms with Crippen molar-refractivity contribution in [2.75, 3.05) is 0 Å². The molecule has 1 heterocycles. The molecule has 0 unspecified atom stereocenters. The Morgan fingerprint density at radius 1 is 1.10 bits per heavy atom. The molecule has 0 aromatic carbocycles. The summed E-state index contributed by atoms with van der Waals surface area (Å²) in [6.07, 6.45) is 1.77. The van der Waals surface area contributed by atoms with Gasteiger partial charge in [0.05, 0.1) is 0 Å².